The van der Waals surface area contributed by atoms with Crippen LogP contribution in [0.3, 0.4) is 0 Å². The summed E-state index contributed by atoms with van der Waals surface area (Å²) in [6.07, 6.45) is 0.205. The summed E-state index contributed by atoms with van der Waals surface area (Å²) in [5, 5.41) is 11.2. The Hall–Kier alpha value is -2.49. The number of non-ortho nitro benzene ring substituents is 1. The average Bonchev–Trinajstić information content (AvgIpc) is 3.06. The molecule has 0 saturated heterocycles. The van der Waals surface area contributed by atoms with E-state index in [2.05, 4.69) is 11.9 Å². The maximum Gasteiger partial charge on any atom is 0.271 e. The van der Waals surface area contributed by atoms with E-state index in [1.807, 2.05) is 35.8 Å². The summed E-state index contributed by atoms with van der Waals surface area (Å²) in [5.74, 6) is 0.747. The van der Waals surface area contributed by atoms with Crippen molar-refractivity contribution < 1.29 is 14.5 Å². The standard InChI is InChI=1S/C21H23N3O4S2/c1-3-28-12-11-23-18-14-16(24(26)27)7-10-19(18)30-21(23)22-20(25)13-15-5-8-17(9-6-15)29-4-2/h5-10,14H,3-4,11-13H2,1-2H3. The largest absolute Gasteiger partial charge is 0.380 e. The molecule has 0 radical (unpaired) electrons. The molecule has 1 aromatic heterocycles. The van der Waals surface area contributed by atoms with Gasteiger partial charge in [0.25, 0.3) is 11.6 Å². The van der Waals surface area contributed by atoms with E-state index >= 15 is 0 Å². The number of thiazole rings is 1. The molecule has 30 heavy (non-hydrogen) atoms. The van der Waals surface area contributed by atoms with Crippen LogP contribution in [0.2, 0.25) is 0 Å². The number of rotatable bonds is 9. The molecule has 3 aromatic rings. The van der Waals surface area contributed by atoms with Gasteiger partial charge in [0, 0.05) is 30.2 Å². The van der Waals surface area contributed by atoms with Gasteiger partial charge in [-0.15, -0.1) is 11.8 Å². The molecule has 0 aliphatic heterocycles. The third kappa shape index (κ3) is 5.56. The highest BCUT2D eigenvalue weighted by molar-refractivity contribution is 7.99. The van der Waals surface area contributed by atoms with E-state index in [9.17, 15) is 14.9 Å². The monoisotopic (exact) mass is 445 g/mol. The third-order valence-corrected chi connectivity index (χ3v) is 6.30. The second-order valence-corrected chi connectivity index (χ2v) is 8.75. The van der Waals surface area contributed by atoms with Crippen LogP contribution in [0.5, 0.6) is 0 Å². The number of amides is 1. The Labute approximate surface area is 182 Å². The Morgan fingerprint density at radius 3 is 2.67 bits per heavy atom. The fourth-order valence-corrected chi connectivity index (χ4v) is 4.68. The Morgan fingerprint density at radius 1 is 1.23 bits per heavy atom. The number of aromatic nitrogens is 1. The first kappa shape index (κ1) is 22.2. The van der Waals surface area contributed by atoms with Crippen LogP contribution in [0.1, 0.15) is 19.4 Å². The van der Waals surface area contributed by atoms with Gasteiger partial charge in [0.15, 0.2) is 4.80 Å². The summed E-state index contributed by atoms with van der Waals surface area (Å²) in [4.78, 5) is 29.4. The van der Waals surface area contributed by atoms with Crippen LogP contribution in [0, 0.1) is 10.1 Å². The molecule has 1 amide bonds. The minimum Gasteiger partial charge on any atom is -0.380 e. The molecule has 1 heterocycles. The highest BCUT2D eigenvalue weighted by Gasteiger charge is 2.13. The van der Waals surface area contributed by atoms with Gasteiger partial charge >= 0.3 is 0 Å². The first-order valence-corrected chi connectivity index (χ1v) is 11.5. The van der Waals surface area contributed by atoms with Crippen molar-refractivity contribution in [3.05, 3.63) is 62.9 Å². The average molecular weight is 446 g/mol. The van der Waals surface area contributed by atoms with Crippen molar-refractivity contribution in [3.8, 4) is 0 Å². The molecule has 0 saturated carbocycles. The number of ether oxygens (including phenoxy) is 1. The van der Waals surface area contributed by atoms with Crippen LogP contribution in [-0.2, 0) is 22.5 Å². The lowest BCUT2D eigenvalue weighted by molar-refractivity contribution is -0.384. The van der Waals surface area contributed by atoms with E-state index in [0.29, 0.717) is 30.1 Å². The lowest BCUT2D eigenvalue weighted by Gasteiger charge is -2.05. The van der Waals surface area contributed by atoms with E-state index in [4.69, 9.17) is 4.74 Å². The molecule has 2 aromatic carbocycles. The van der Waals surface area contributed by atoms with E-state index in [1.54, 1.807) is 17.8 Å². The Balaban J connectivity index is 1.91. The molecule has 0 aliphatic carbocycles. The summed E-state index contributed by atoms with van der Waals surface area (Å²) in [7, 11) is 0. The topological polar surface area (TPSA) is 86.7 Å². The minimum absolute atomic E-state index is 0.00775. The summed E-state index contributed by atoms with van der Waals surface area (Å²) in [5.41, 5.74) is 1.59. The van der Waals surface area contributed by atoms with Crippen molar-refractivity contribution in [2.45, 2.75) is 31.7 Å². The van der Waals surface area contributed by atoms with Gasteiger partial charge in [-0.3, -0.25) is 14.9 Å². The molecule has 158 valence electrons. The van der Waals surface area contributed by atoms with Crippen LogP contribution >= 0.6 is 23.1 Å². The van der Waals surface area contributed by atoms with Gasteiger partial charge in [0.2, 0.25) is 0 Å². The number of thioether (sulfide) groups is 1. The lowest BCUT2D eigenvalue weighted by Crippen LogP contribution is -2.20. The van der Waals surface area contributed by atoms with Gasteiger partial charge in [-0.25, -0.2) is 0 Å². The number of nitro benzene ring substituents is 1. The van der Waals surface area contributed by atoms with Crippen molar-refractivity contribution >= 4 is 44.9 Å². The molecule has 7 nitrogen and oxygen atoms in total. The molecule has 0 unspecified atom stereocenters. The third-order valence-electron chi connectivity index (χ3n) is 4.35. The van der Waals surface area contributed by atoms with Crippen molar-refractivity contribution in [1.29, 1.82) is 0 Å². The number of nitro groups is 1. The van der Waals surface area contributed by atoms with Gasteiger partial charge in [-0.1, -0.05) is 30.4 Å². The number of carbonyl (C=O) groups excluding carboxylic acids is 1. The SMILES string of the molecule is CCOCCn1c(=NC(=O)Cc2ccc(SCC)cc2)sc2ccc([N+](=O)[O-])cc21. The quantitative estimate of drug-likeness (QED) is 0.210. The number of nitrogens with zero attached hydrogens (tertiary/aromatic N) is 3. The number of fused-ring (bicyclic) bond motifs is 1. The van der Waals surface area contributed by atoms with Crippen molar-refractivity contribution in [3.63, 3.8) is 0 Å². The van der Waals surface area contributed by atoms with Crippen molar-refractivity contribution in [1.82, 2.24) is 4.57 Å². The normalized spacial score (nSPS) is 11.9. The van der Waals surface area contributed by atoms with Crippen LogP contribution in [0.15, 0.2) is 52.4 Å². The summed E-state index contributed by atoms with van der Waals surface area (Å²) in [6.45, 7) is 5.47. The van der Waals surface area contributed by atoms with E-state index in [1.165, 1.54) is 28.4 Å². The molecule has 3 rings (SSSR count). The van der Waals surface area contributed by atoms with Gasteiger partial charge in [0.1, 0.15) is 0 Å². The predicted molar refractivity (Wildman–Crippen MR) is 120 cm³/mol. The Morgan fingerprint density at radius 2 is 2.00 bits per heavy atom. The Bertz CT molecular complexity index is 1100. The minimum atomic E-state index is -0.424. The van der Waals surface area contributed by atoms with Gasteiger partial charge in [-0.05, 0) is 36.4 Å². The zero-order chi connectivity index (χ0) is 21.5. The number of hydrogen-bond donors (Lipinski definition) is 0. The number of hydrogen-bond acceptors (Lipinski definition) is 6. The van der Waals surface area contributed by atoms with Crippen LogP contribution in [0.25, 0.3) is 10.2 Å². The Kier molecular flexibility index (Phi) is 7.78. The summed E-state index contributed by atoms with van der Waals surface area (Å²) in [6, 6.07) is 12.6. The van der Waals surface area contributed by atoms with E-state index in [0.717, 1.165) is 16.0 Å². The predicted octanol–water partition coefficient (Wildman–Crippen LogP) is 4.43. The van der Waals surface area contributed by atoms with Crippen LogP contribution in [-0.4, -0.2) is 34.4 Å². The first-order valence-electron chi connectivity index (χ1n) is 9.66. The highest BCUT2D eigenvalue weighted by Crippen LogP contribution is 2.23. The molecular formula is C21H23N3O4S2. The second-order valence-electron chi connectivity index (χ2n) is 6.40. The maximum absolute atomic E-state index is 12.6. The molecule has 0 aliphatic rings. The van der Waals surface area contributed by atoms with E-state index in [-0.39, 0.29) is 18.0 Å². The zero-order valence-electron chi connectivity index (χ0n) is 16.9. The van der Waals surface area contributed by atoms with Crippen molar-refractivity contribution in [2.24, 2.45) is 4.99 Å². The van der Waals surface area contributed by atoms with Crippen molar-refractivity contribution in [2.75, 3.05) is 19.0 Å². The summed E-state index contributed by atoms with van der Waals surface area (Å²) >= 11 is 3.10. The number of carbonyl (C=O) groups is 1. The molecule has 0 spiro atoms. The molecular weight excluding hydrogens is 422 g/mol. The van der Waals surface area contributed by atoms with Crippen LogP contribution < -0.4 is 4.80 Å². The lowest BCUT2D eigenvalue weighted by atomic mass is 10.1. The highest BCUT2D eigenvalue weighted by atomic mass is 32.2. The molecule has 9 heteroatoms. The first-order chi connectivity index (χ1) is 14.5. The van der Waals surface area contributed by atoms with Gasteiger partial charge in [0.05, 0.1) is 28.2 Å². The maximum atomic E-state index is 12.6. The molecule has 0 fully saturated rings. The van der Waals surface area contributed by atoms with Gasteiger partial charge < -0.3 is 9.30 Å². The van der Waals surface area contributed by atoms with Gasteiger partial charge in [-0.2, -0.15) is 4.99 Å². The molecule has 0 atom stereocenters. The molecule has 0 N–H and O–H groups in total. The van der Waals surface area contributed by atoms with Crippen LogP contribution in [0.4, 0.5) is 5.69 Å². The second kappa shape index (κ2) is 10.5. The number of benzene rings is 2. The van der Waals surface area contributed by atoms with E-state index < -0.39 is 4.92 Å². The zero-order valence-corrected chi connectivity index (χ0v) is 18.5. The fourth-order valence-electron chi connectivity index (χ4n) is 2.96. The smallest absolute Gasteiger partial charge is 0.271 e. The molecule has 0 bridgehead atoms. The fraction of sp³-hybridized carbons (Fsp3) is 0.333. The summed E-state index contributed by atoms with van der Waals surface area (Å²) < 4.78 is 8.10.